The van der Waals surface area contributed by atoms with Crippen molar-refractivity contribution in [2.45, 2.75) is 59.3 Å². The molecule has 0 saturated heterocycles. The molecular formula is C25H31NO4. The molecule has 5 nitrogen and oxygen atoms in total. The molecule has 0 spiro atoms. The summed E-state index contributed by atoms with van der Waals surface area (Å²) in [7, 11) is 3.20. The van der Waals surface area contributed by atoms with Crippen LogP contribution in [0.3, 0.4) is 0 Å². The summed E-state index contributed by atoms with van der Waals surface area (Å²) < 4.78 is 11.2. The van der Waals surface area contributed by atoms with Crippen LogP contribution in [0.15, 0.2) is 40.7 Å². The predicted molar refractivity (Wildman–Crippen MR) is 116 cm³/mol. The van der Waals surface area contributed by atoms with Crippen LogP contribution in [-0.2, 0) is 9.59 Å². The number of rotatable bonds is 3. The Bertz CT molecular complexity index is 944. The third-order valence-electron chi connectivity index (χ3n) is 6.46. The summed E-state index contributed by atoms with van der Waals surface area (Å²) in [5.41, 5.74) is 3.93. The van der Waals surface area contributed by atoms with Crippen molar-refractivity contribution in [2.75, 3.05) is 14.2 Å². The fraction of sp³-hybridized carbons (Fsp3) is 0.520. The molecule has 4 rings (SSSR count). The molecule has 1 heterocycles. The van der Waals surface area contributed by atoms with E-state index < -0.39 is 5.92 Å². The van der Waals surface area contributed by atoms with Crippen LogP contribution in [-0.4, -0.2) is 25.8 Å². The van der Waals surface area contributed by atoms with E-state index in [0.717, 1.165) is 29.8 Å². The molecule has 0 unspecified atom stereocenters. The number of ether oxygens (including phenoxy) is 2. The van der Waals surface area contributed by atoms with Gasteiger partial charge in [0, 0.05) is 46.9 Å². The number of benzene rings is 1. The molecule has 0 bridgehead atoms. The van der Waals surface area contributed by atoms with Crippen LogP contribution < -0.4 is 14.8 Å². The maximum Gasteiger partial charge on any atom is 0.164 e. The highest BCUT2D eigenvalue weighted by molar-refractivity contribution is 6.07. The van der Waals surface area contributed by atoms with E-state index >= 15 is 0 Å². The van der Waals surface area contributed by atoms with E-state index in [2.05, 4.69) is 33.0 Å². The Balaban J connectivity index is 1.97. The maximum atomic E-state index is 13.4. The number of hydrogen-bond acceptors (Lipinski definition) is 5. The normalized spacial score (nSPS) is 23.0. The van der Waals surface area contributed by atoms with Gasteiger partial charge < -0.3 is 14.8 Å². The summed E-state index contributed by atoms with van der Waals surface area (Å²) in [5, 5.41) is 3.54. The van der Waals surface area contributed by atoms with Gasteiger partial charge in [0.1, 0.15) is 0 Å². The number of carbonyl (C=O) groups is 2. The molecule has 1 aliphatic heterocycles. The first-order chi connectivity index (χ1) is 14.1. The van der Waals surface area contributed by atoms with Crippen molar-refractivity contribution < 1.29 is 19.1 Å². The fourth-order valence-corrected chi connectivity index (χ4v) is 5.34. The van der Waals surface area contributed by atoms with E-state index in [-0.39, 0.29) is 22.4 Å². The van der Waals surface area contributed by atoms with Gasteiger partial charge in [-0.15, -0.1) is 0 Å². The highest BCUT2D eigenvalue weighted by atomic mass is 16.5. The number of nitrogens with one attached hydrogen (secondary N) is 1. The number of hydrogen-bond donors (Lipinski definition) is 1. The van der Waals surface area contributed by atoms with Gasteiger partial charge in [0.15, 0.2) is 23.1 Å². The Labute approximate surface area is 178 Å². The van der Waals surface area contributed by atoms with Crippen molar-refractivity contribution in [3.8, 4) is 11.5 Å². The minimum absolute atomic E-state index is 0.104. The summed E-state index contributed by atoms with van der Waals surface area (Å²) >= 11 is 0. The Hall–Kier alpha value is -2.56. The average Bonchev–Trinajstić information content (AvgIpc) is 2.63. The molecule has 5 heteroatoms. The summed E-state index contributed by atoms with van der Waals surface area (Å²) in [6, 6.07) is 5.69. The van der Waals surface area contributed by atoms with Crippen molar-refractivity contribution in [1.29, 1.82) is 0 Å². The van der Waals surface area contributed by atoms with Gasteiger partial charge in [-0.05, 0) is 29.7 Å². The molecule has 0 saturated carbocycles. The third kappa shape index (κ3) is 3.34. The van der Waals surface area contributed by atoms with Gasteiger partial charge in [-0.1, -0.05) is 39.8 Å². The monoisotopic (exact) mass is 409 g/mol. The molecule has 1 aromatic carbocycles. The standard InChI is InChI=1S/C25H31NO4/c1-24(2)10-15-21(17(27)12-24)20(14-8-7-9-19(29-5)23(14)30-6)22-16(26-15)11-25(3,4)13-18(22)28/h7-9,20,26H,10-13H2,1-6H3. The molecule has 0 atom stereocenters. The number of carbonyl (C=O) groups excluding carboxylic acids is 2. The largest absolute Gasteiger partial charge is 0.493 e. The molecule has 0 radical (unpaired) electrons. The first kappa shape index (κ1) is 20.7. The maximum absolute atomic E-state index is 13.4. The zero-order valence-electron chi connectivity index (χ0n) is 18.8. The lowest BCUT2D eigenvalue weighted by Gasteiger charge is -2.44. The van der Waals surface area contributed by atoms with Crippen molar-refractivity contribution in [1.82, 2.24) is 5.32 Å². The molecule has 2 aliphatic carbocycles. The number of dihydropyridines is 1. The average molecular weight is 410 g/mol. The van der Waals surface area contributed by atoms with E-state index in [4.69, 9.17) is 9.47 Å². The second kappa shape index (κ2) is 7.00. The zero-order valence-corrected chi connectivity index (χ0v) is 18.8. The van der Waals surface area contributed by atoms with Gasteiger partial charge in [-0.3, -0.25) is 9.59 Å². The fourth-order valence-electron chi connectivity index (χ4n) is 5.34. The molecule has 160 valence electrons. The van der Waals surface area contributed by atoms with E-state index in [1.54, 1.807) is 14.2 Å². The SMILES string of the molecule is COc1cccc(C2C3=C(CC(C)(C)CC3=O)NC3=C2C(=O)CC(C)(C)C3)c1OC. The van der Waals surface area contributed by atoms with Crippen LogP contribution in [0.1, 0.15) is 64.9 Å². The number of methoxy groups -OCH3 is 2. The quantitative estimate of drug-likeness (QED) is 0.785. The summed E-state index contributed by atoms with van der Waals surface area (Å²) in [6.07, 6.45) is 2.50. The van der Waals surface area contributed by atoms with Crippen LogP contribution in [0.5, 0.6) is 11.5 Å². The van der Waals surface area contributed by atoms with Gasteiger partial charge >= 0.3 is 0 Å². The van der Waals surface area contributed by atoms with Crippen LogP contribution in [0.25, 0.3) is 0 Å². The van der Waals surface area contributed by atoms with Crippen LogP contribution >= 0.6 is 0 Å². The van der Waals surface area contributed by atoms with Gasteiger partial charge in [-0.25, -0.2) is 0 Å². The minimum Gasteiger partial charge on any atom is -0.493 e. The van der Waals surface area contributed by atoms with E-state index in [1.165, 1.54) is 0 Å². The van der Waals surface area contributed by atoms with Crippen molar-refractivity contribution in [3.05, 3.63) is 46.3 Å². The Morgan fingerprint density at radius 3 is 1.83 bits per heavy atom. The Morgan fingerprint density at radius 1 is 0.833 bits per heavy atom. The molecule has 0 amide bonds. The zero-order chi connectivity index (χ0) is 21.8. The molecule has 3 aliphatic rings. The lowest BCUT2D eigenvalue weighted by molar-refractivity contribution is -0.119. The van der Waals surface area contributed by atoms with Crippen molar-refractivity contribution >= 4 is 11.6 Å². The van der Waals surface area contributed by atoms with E-state index in [1.807, 2.05) is 18.2 Å². The smallest absolute Gasteiger partial charge is 0.164 e. The van der Waals surface area contributed by atoms with Gasteiger partial charge in [0.25, 0.3) is 0 Å². The summed E-state index contributed by atoms with van der Waals surface area (Å²) in [4.78, 5) is 26.8. The summed E-state index contributed by atoms with van der Waals surface area (Å²) in [6.45, 7) is 8.49. The first-order valence-corrected chi connectivity index (χ1v) is 10.6. The molecule has 1 aromatic rings. The Morgan fingerprint density at radius 2 is 1.37 bits per heavy atom. The van der Waals surface area contributed by atoms with Crippen LogP contribution in [0.4, 0.5) is 0 Å². The van der Waals surface area contributed by atoms with Crippen molar-refractivity contribution in [2.24, 2.45) is 10.8 Å². The van der Waals surface area contributed by atoms with Crippen LogP contribution in [0.2, 0.25) is 0 Å². The van der Waals surface area contributed by atoms with Crippen molar-refractivity contribution in [3.63, 3.8) is 0 Å². The number of ketones is 2. The number of Topliss-reactive ketones (excluding diaryl/α,β-unsaturated/α-hetero) is 2. The molecule has 0 aromatic heterocycles. The molecule has 1 N–H and O–H groups in total. The molecule has 0 fully saturated rings. The van der Waals surface area contributed by atoms with Gasteiger partial charge in [0.2, 0.25) is 0 Å². The number of para-hydroxylation sites is 1. The third-order valence-corrected chi connectivity index (χ3v) is 6.46. The molecule has 30 heavy (non-hydrogen) atoms. The van der Waals surface area contributed by atoms with Crippen LogP contribution in [0, 0.1) is 10.8 Å². The van der Waals surface area contributed by atoms with Gasteiger partial charge in [-0.2, -0.15) is 0 Å². The molecular weight excluding hydrogens is 378 g/mol. The first-order valence-electron chi connectivity index (χ1n) is 10.6. The second-order valence-electron chi connectivity index (χ2n) is 10.3. The summed E-state index contributed by atoms with van der Waals surface area (Å²) in [5.74, 6) is 0.972. The predicted octanol–water partition coefficient (Wildman–Crippen LogP) is 4.68. The lowest BCUT2D eigenvalue weighted by atomic mass is 9.64. The van der Waals surface area contributed by atoms with Gasteiger partial charge in [0.05, 0.1) is 14.2 Å². The van der Waals surface area contributed by atoms with E-state index in [0.29, 0.717) is 35.5 Å². The second-order valence-corrected chi connectivity index (χ2v) is 10.3. The highest BCUT2D eigenvalue weighted by Crippen LogP contribution is 2.53. The van der Waals surface area contributed by atoms with E-state index in [9.17, 15) is 9.59 Å². The highest BCUT2D eigenvalue weighted by Gasteiger charge is 2.47. The minimum atomic E-state index is -0.423. The lowest BCUT2D eigenvalue weighted by Crippen LogP contribution is -2.42. The number of allylic oxidation sites excluding steroid dienone is 4. The topological polar surface area (TPSA) is 64.6 Å². The Kier molecular flexibility index (Phi) is 4.83.